The number of methoxy groups -OCH3 is 2. The molecule has 1 aliphatic rings. The van der Waals surface area contributed by atoms with Crippen molar-refractivity contribution in [3.05, 3.63) is 259 Å². The molecule has 0 atom stereocenters. The van der Waals surface area contributed by atoms with Gasteiger partial charge >= 0.3 is 0 Å². The second-order valence-corrected chi connectivity index (χ2v) is 26.5. The van der Waals surface area contributed by atoms with Crippen LogP contribution in [0.4, 0.5) is 0 Å². The minimum Gasteiger partial charge on any atom is -0.491 e. The smallest absolute Gasteiger partial charge is 0.149 e. The maximum atomic E-state index is 7.84. The van der Waals surface area contributed by atoms with Crippen LogP contribution in [0, 0.1) is 0 Å². The molecule has 0 aromatic heterocycles. The fourth-order valence-corrected chi connectivity index (χ4v) is 11.2. The molecule has 0 fully saturated rings. The fourth-order valence-electron chi connectivity index (χ4n) is 11.2. The van der Waals surface area contributed by atoms with Crippen molar-refractivity contribution in [3.63, 3.8) is 0 Å². The Bertz CT molecular complexity index is 3000. The summed E-state index contributed by atoms with van der Waals surface area (Å²) in [6.07, 6.45) is 1.31. The third-order valence-electron chi connectivity index (χ3n) is 15.9. The molecule has 0 aliphatic heterocycles. The zero-order valence-electron chi connectivity index (χ0n) is 51.4. The number of ether oxygens (including phenoxy) is 6. The maximum Gasteiger partial charge on any atom is 0.149 e. The van der Waals surface area contributed by atoms with Gasteiger partial charge in [0.25, 0.3) is 0 Å². The largest absolute Gasteiger partial charge is 0.491 e. The molecule has 8 bridgehead atoms. The third kappa shape index (κ3) is 14.2. The molecule has 0 spiro atoms. The first-order chi connectivity index (χ1) is 39.1. The standard InChI is InChI=1S/C76H88O6/c1-73(2,3)63-43-55-39-59-47-65(75(7,8)9)49-61(71(59)81-69(51-27-19-15-20-28-51)52-29-21-16-22-30-52)41-57-45-64(74(4,5)6)46-58(68(57)80-38-36-78-14)42-62-50-66(76(10,11)12)48-60(40-56(44-63)67(55)79-37-35-77-13)72(62)82-70(53-31-23-17-24-32-53)54-33-25-18-26-34-54/h15-34,43-50,69-70H,35-42H2,1-14H3. The summed E-state index contributed by atoms with van der Waals surface area (Å²) in [5.41, 5.74) is 17.0. The number of hydrogen-bond donors (Lipinski definition) is 0. The van der Waals surface area contributed by atoms with Gasteiger partial charge in [0.1, 0.15) is 48.4 Å². The maximum absolute atomic E-state index is 7.84. The average molecular weight is 1100 g/mol. The summed E-state index contributed by atoms with van der Waals surface area (Å²) in [5.74, 6) is 3.44. The minimum atomic E-state index is -0.412. The lowest BCUT2D eigenvalue weighted by Gasteiger charge is -2.31. The second-order valence-electron chi connectivity index (χ2n) is 26.5. The number of hydrogen-bond acceptors (Lipinski definition) is 6. The highest BCUT2D eigenvalue weighted by atomic mass is 16.5. The highest BCUT2D eigenvalue weighted by molar-refractivity contribution is 5.61. The van der Waals surface area contributed by atoms with Gasteiger partial charge in [0.05, 0.1) is 13.2 Å². The van der Waals surface area contributed by atoms with Gasteiger partial charge in [0, 0.05) is 39.9 Å². The lowest BCUT2D eigenvalue weighted by molar-refractivity contribution is 0.145. The van der Waals surface area contributed by atoms with E-state index in [2.05, 4.69) is 253 Å². The summed E-state index contributed by atoms with van der Waals surface area (Å²) in [6, 6.07) is 61.8. The molecule has 8 aromatic rings. The van der Waals surface area contributed by atoms with Gasteiger partial charge in [-0.1, -0.05) is 253 Å². The summed E-state index contributed by atoms with van der Waals surface area (Å²) in [4.78, 5) is 0. The van der Waals surface area contributed by atoms with E-state index < -0.39 is 12.2 Å². The first-order valence-electron chi connectivity index (χ1n) is 29.5. The van der Waals surface area contributed by atoms with Crippen LogP contribution in [0.5, 0.6) is 23.0 Å². The molecule has 0 radical (unpaired) electrons. The topological polar surface area (TPSA) is 55.4 Å². The summed E-state index contributed by atoms with van der Waals surface area (Å²) >= 11 is 0. The van der Waals surface area contributed by atoms with Gasteiger partial charge < -0.3 is 28.4 Å². The fraction of sp³-hybridized carbons (Fsp3) is 0.368. The van der Waals surface area contributed by atoms with Crippen molar-refractivity contribution in [2.24, 2.45) is 0 Å². The summed E-state index contributed by atoms with van der Waals surface area (Å²) in [5, 5.41) is 0. The SMILES string of the molecule is COCCOc1c2cc(C(C)(C)C)cc1Cc1cc(C(C)(C)C)cc(c1OC(c1ccccc1)c1ccccc1)Cc1cc(C(C)(C)C)cc(c1OCCOC)Cc1cc(C(C)(C)C)cc(c1OC(c1ccccc1)c1ccccc1)C2. The second kappa shape index (κ2) is 25.2. The van der Waals surface area contributed by atoms with Crippen molar-refractivity contribution in [2.75, 3.05) is 40.6 Å². The molecule has 0 unspecified atom stereocenters. The predicted octanol–water partition coefficient (Wildman–Crippen LogP) is 17.9. The van der Waals surface area contributed by atoms with Crippen LogP contribution in [0.25, 0.3) is 0 Å². The molecule has 0 saturated carbocycles. The van der Waals surface area contributed by atoms with Gasteiger partial charge in [0.2, 0.25) is 0 Å². The number of rotatable bonds is 16. The molecule has 9 rings (SSSR count). The molecule has 8 aromatic carbocycles. The third-order valence-corrected chi connectivity index (χ3v) is 15.9. The van der Waals surface area contributed by atoms with Crippen molar-refractivity contribution in [1.29, 1.82) is 0 Å². The van der Waals surface area contributed by atoms with Crippen LogP contribution in [-0.4, -0.2) is 40.6 Å². The Balaban J connectivity index is 1.43. The molecular formula is C76H88O6. The molecule has 6 nitrogen and oxygen atoms in total. The van der Waals surface area contributed by atoms with Crippen LogP contribution in [0.1, 0.15) is 184 Å². The minimum absolute atomic E-state index is 0.213. The van der Waals surface area contributed by atoms with E-state index in [0.29, 0.717) is 52.1 Å². The van der Waals surface area contributed by atoms with Crippen LogP contribution in [0.2, 0.25) is 0 Å². The van der Waals surface area contributed by atoms with Crippen molar-refractivity contribution in [3.8, 4) is 23.0 Å². The van der Waals surface area contributed by atoms with Crippen LogP contribution in [0.15, 0.2) is 170 Å². The van der Waals surface area contributed by atoms with E-state index in [1.54, 1.807) is 14.2 Å². The first kappa shape index (κ1) is 59.5. The van der Waals surface area contributed by atoms with Crippen LogP contribution < -0.4 is 18.9 Å². The van der Waals surface area contributed by atoms with Crippen LogP contribution >= 0.6 is 0 Å². The normalized spacial score (nSPS) is 13.1. The Morgan fingerprint density at radius 3 is 0.695 bits per heavy atom. The zero-order chi connectivity index (χ0) is 58.4. The van der Waals surface area contributed by atoms with E-state index in [1.807, 2.05) is 0 Å². The monoisotopic (exact) mass is 1100 g/mol. The van der Waals surface area contributed by atoms with Crippen LogP contribution in [0.3, 0.4) is 0 Å². The Kier molecular flexibility index (Phi) is 18.3. The summed E-state index contributed by atoms with van der Waals surface area (Å²) in [7, 11) is 3.48. The van der Waals surface area contributed by atoms with E-state index in [0.717, 1.165) is 89.8 Å². The van der Waals surface area contributed by atoms with E-state index in [4.69, 9.17) is 28.4 Å². The first-order valence-corrected chi connectivity index (χ1v) is 29.5. The van der Waals surface area contributed by atoms with Gasteiger partial charge in [-0.05, 0) is 111 Å². The lowest BCUT2D eigenvalue weighted by Crippen LogP contribution is -2.19. The average Bonchev–Trinajstić information content (AvgIpc) is 2.79. The molecule has 6 heteroatoms. The highest BCUT2D eigenvalue weighted by Gasteiger charge is 2.32. The Labute approximate surface area is 491 Å². The van der Waals surface area contributed by atoms with E-state index in [-0.39, 0.29) is 21.7 Å². The quantitative estimate of drug-likeness (QED) is 0.0899. The van der Waals surface area contributed by atoms with E-state index >= 15 is 0 Å². The molecular weight excluding hydrogens is 1010 g/mol. The Morgan fingerprint density at radius 1 is 0.293 bits per heavy atom. The van der Waals surface area contributed by atoms with E-state index in [1.165, 1.54) is 22.3 Å². The molecule has 0 N–H and O–H groups in total. The number of fused-ring (bicyclic) bond motifs is 8. The number of benzene rings is 8. The predicted molar refractivity (Wildman–Crippen MR) is 337 cm³/mol. The summed E-state index contributed by atoms with van der Waals surface area (Å²) in [6.45, 7) is 29.4. The van der Waals surface area contributed by atoms with Gasteiger partial charge in [-0.3, -0.25) is 0 Å². The van der Waals surface area contributed by atoms with Crippen LogP contribution in [-0.2, 0) is 56.8 Å². The molecule has 0 saturated heterocycles. The Morgan fingerprint density at radius 2 is 0.500 bits per heavy atom. The van der Waals surface area contributed by atoms with Gasteiger partial charge in [-0.25, -0.2) is 0 Å². The van der Waals surface area contributed by atoms with Crippen molar-refractivity contribution < 1.29 is 28.4 Å². The van der Waals surface area contributed by atoms with Crippen molar-refractivity contribution in [2.45, 2.75) is 143 Å². The molecule has 82 heavy (non-hydrogen) atoms. The van der Waals surface area contributed by atoms with E-state index in [9.17, 15) is 0 Å². The van der Waals surface area contributed by atoms with Gasteiger partial charge in [0.15, 0.2) is 0 Å². The molecule has 1 aliphatic carbocycles. The zero-order valence-corrected chi connectivity index (χ0v) is 51.4. The molecule has 0 amide bonds. The molecule has 428 valence electrons. The Hall–Kier alpha value is -7.12. The highest BCUT2D eigenvalue weighted by Crippen LogP contribution is 2.47. The van der Waals surface area contributed by atoms with Crippen molar-refractivity contribution >= 4 is 0 Å². The molecule has 0 heterocycles. The van der Waals surface area contributed by atoms with Crippen molar-refractivity contribution in [1.82, 2.24) is 0 Å². The van der Waals surface area contributed by atoms with Gasteiger partial charge in [-0.15, -0.1) is 0 Å². The summed E-state index contributed by atoms with van der Waals surface area (Å²) < 4.78 is 41.6. The van der Waals surface area contributed by atoms with Gasteiger partial charge in [-0.2, -0.15) is 0 Å². The lowest BCUT2D eigenvalue weighted by atomic mass is 9.79.